The molecule has 0 aliphatic carbocycles. The number of carbonyl (C=O) groups is 1. The van der Waals surface area contributed by atoms with Crippen molar-refractivity contribution in [3.8, 4) is 0 Å². The largest absolute Gasteiger partial charge is 0.368 e. The van der Waals surface area contributed by atoms with Gasteiger partial charge in [0.05, 0.1) is 11.8 Å². The van der Waals surface area contributed by atoms with Crippen LogP contribution >= 0.6 is 11.3 Å². The lowest BCUT2D eigenvalue weighted by atomic mass is 10.3. The summed E-state index contributed by atoms with van der Waals surface area (Å²) in [5.41, 5.74) is 9.30. The molecule has 1 aliphatic heterocycles. The average Bonchev–Trinajstić information content (AvgIpc) is 3.20. The van der Waals surface area contributed by atoms with Crippen LogP contribution in [0.25, 0.3) is 11.2 Å². The van der Waals surface area contributed by atoms with Crippen LogP contribution in [-0.2, 0) is 0 Å². The van der Waals surface area contributed by atoms with Gasteiger partial charge >= 0.3 is 0 Å². The Morgan fingerprint density at radius 2 is 2.12 bits per heavy atom. The number of thiazole rings is 1. The van der Waals surface area contributed by atoms with Gasteiger partial charge in [-0.15, -0.1) is 11.3 Å². The van der Waals surface area contributed by atoms with Gasteiger partial charge in [0.25, 0.3) is 5.91 Å². The predicted molar refractivity (Wildman–Crippen MR) is 90.9 cm³/mol. The first-order valence-electron chi connectivity index (χ1n) is 7.61. The Balaban J connectivity index is 1.56. The molecule has 24 heavy (non-hydrogen) atoms. The van der Waals surface area contributed by atoms with Crippen molar-refractivity contribution < 1.29 is 4.79 Å². The molecule has 9 nitrogen and oxygen atoms in total. The van der Waals surface area contributed by atoms with Crippen molar-refractivity contribution in [3.63, 3.8) is 0 Å². The Bertz CT molecular complexity index is 861. The van der Waals surface area contributed by atoms with E-state index in [4.69, 9.17) is 5.73 Å². The zero-order valence-corrected chi connectivity index (χ0v) is 13.7. The fourth-order valence-electron chi connectivity index (χ4n) is 2.88. The lowest BCUT2D eigenvalue weighted by Crippen LogP contribution is -2.35. The van der Waals surface area contributed by atoms with Crippen molar-refractivity contribution >= 4 is 40.2 Å². The number of fused-ring (bicyclic) bond motifs is 1. The Labute approximate surface area is 141 Å². The zero-order valence-electron chi connectivity index (χ0n) is 12.8. The second kappa shape index (κ2) is 6.04. The van der Waals surface area contributed by atoms with Crippen molar-refractivity contribution in [1.29, 1.82) is 0 Å². The highest BCUT2D eigenvalue weighted by molar-refractivity contribution is 7.07. The van der Waals surface area contributed by atoms with Crippen molar-refractivity contribution in [2.45, 2.75) is 6.42 Å². The molecule has 0 bridgehead atoms. The first kappa shape index (κ1) is 14.8. The highest BCUT2D eigenvalue weighted by Crippen LogP contribution is 2.23. The summed E-state index contributed by atoms with van der Waals surface area (Å²) in [6, 6.07) is 0. The molecule has 4 heterocycles. The summed E-state index contributed by atoms with van der Waals surface area (Å²) in [6.45, 7) is 2.75. The quantitative estimate of drug-likeness (QED) is 0.704. The van der Waals surface area contributed by atoms with Crippen molar-refractivity contribution in [2.24, 2.45) is 0 Å². The highest BCUT2D eigenvalue weighted by atomic mass is 32.1. The Kier molecular flexibility index (Phi) is 3.73. The SMILES string of the molecule is Nc1nc(N2CCCN(C(=O)c3cscn3)CC2)c2[nH]cnc2n1. The van der Waals surface area contributed by atoms with E-state index in [1.165, 1.54) is 11.3 Å². The molecule has 0 spiro atoms. The van der Waals surface area contributed by atoms with Crippen LogP contribution in [0.3, 0.4) is 0 Å². The third-order valence-corrected chi connectivity index (χ3v) is 4.60. The number of nitrogens with zero attached hydrogens (tertiary/aromatic N) is 6. The molecule has 4 rings (SSSR count). The van der Waals surface area contributed by atoms with Gasteiger partial charge in [-0.25, -0.2) is 9.97 Å². The molecule has 1 amide bonds. The Hall–Kier alpha value is -2.75. The van der Waals surface area contributed by atoms with Crippen LogP contribution < -0.4 is 10.6 Å². The van der Waals surface area contributed by atoms with Crippen LogP contribution in [0.5, 0.6) is 0 Å². The molecule has 0 aromatic carbocycles. The first-order valence-corrected chi connectivity index (χ1v) is 8.55. The van der Waals surface area contributed by atoms with E-state index in [0.717, 1.165) is 24.3 Å². The second-order valence-corrected chi connectivity index (χ2v) is 6.23. The smallest absolute Gasteiger partial charge is 0.273 e. The number of H-pyrrole nitrogens is 1. The van der Waals surface area contributed by atoms with Crippen LogP contribution in [0.2, 0.25) is 0 Å². The summed E-state index contributed by atoms with van der Waals surface area (Å²) in [6.07, 6.45) is 2.42. The van der Waals surface area contributed by atoms with Crippen molar-refractivity contribution in [1.82, 2.24) is 29.8 Å². The number of nitrogen functional groups attached to an aromatic ring is 1. The van der Waals surface area contributed by atoms with E-state index >= 15 is 0 Å². The standard InChI is InChI=1S/C14H16N8OS/c15-14-19-11-10(16-7-17-11)12(20-14)21-2-1-3-22(5-4-21)13(23)9-6-24-8-18-9/h6-8H,1-5H2,(H3,15,16,17,19,20). The molecular weight excluding hydrogens is 328 g/mol. The molecule has 1 fully saturated rings. The number of carbonyl (C=O) groups excluding carboxylic acids is 1. The maximum absolute atomic E-state index is 12.5. The molecule has 0 radical (unpaired) electrons. The molecule has 1 aliphatic rings. The maximum Gasteiger partial charge on any atom is 0.273 e. The van der Waals surface area contributed by atoms with E-state index < -0.39 is 0 Å². The molecule has 1 saturated heterocycles. The molecule has 0 saturated carbocycles. The fourth-order valence-corrected chi connectivity index (χ4v) is 3.40. The van der Waals surface area contributed by atoms with E-state index in [9.17, 15) is 4.79 Å². The third-order valence-electron chi connectivity index (χ3n) is 4.02. The molecule has 124 valence electrons. The number of nitrogens with two attached hydrogens (primary N) is 1. The van der Waals surface area contributed by atoms with Gasteiger partial charge in [0.1, 0.15) is 11.2 Å². The second-order valence-electron chi connectivity index (χ2n) is 5.51. The number of nitrogens with one attached hydrogen (secondary N) is 1. The summed E-state index contributed by atoms with van der Waals surface area (Å²) in [5, 5.41) is 1.78. The van der Waals surface area contributed by atoms with E-state index in [1.54, 1.807) is 17.2 Å². The number of amides is 1. The van der Waals surface area contributed by atoms with Gasteiger partial charge in [0.15, 0.2) is 11.5 Å². The van der Waals surface area contributed by atoms with E-state index in [-0.39, 0.29) is 11.9 Å². The summed E-state index contributed by atoms with van der Waals surface area (Å²) in [7, 11) is 0. The van der Waals surface area contributed by atoms with Crippen LogP contribution in [0.1, 0.15) is 16.9 Å². The molecule has 3 aromatic heterocycles. The lowest BCUT2D eigenvalue weighted by Gasteiger charge is -2.22. The Morgan fingerprint density at radius 3 is 2.96 bits per heavy atom. The van der Waals surface area contributed by atoms with E-state index in [2.05, 4.69) is 29.8 Å². The predicted octanol–water partition coefficient (Wildman–Crippen LogP) is 0.744. The zero-order chi connectivity index (χ0) is 16.5. The van der Waals surface area contributed by atoms with Gasteiger partial charge in [0.2, 0.25) is 5.95 Å². The molecule has 3 aromatic rings. The number of hydrogen-bond donors (Lipinski definition) is 2. The van der Waals surface area contributed by atoms with Gasteiger partial charge in [-0.1, -0.05) is 0 Å². The van der Waals surface area contributed by atoms with Crippen molar-refractivity contribution in [2.75, 3.05) is 36.8 Å². The van der Waals surface area contributed by atoms with Gasteiger partial charge in [0, 0.05) is 31.6 Å². The average molecular weight is 344 g/mol. The Morgan fingerprint density at radius 1 is 1.21 bits per heavy atom. The topological polar surface area (TPSA) is 117 Å². The molecule has 3 N–H and O–H groups in total. The van der Waals surface area contributed by atoms with Crippen molar-refractivity contribution in [3.05, 3.63) is 22.9 Å². The normalized spacial score (nSPS) is 15.7. The molecule has 0 unspecified atom stereocenters. The summed E-state index contributed by atoms with van der Waals surface area (Å²) < 4.78 is 0. The number of anilines is 2. The minimum atomic E-state index is -0.0213. The minimum Gasteiger partial charge on any atom is -0.368 e. The third kappa shape index (κ3) is 2.64. The summed E-state index contributed by atoms with van der Waals surface area (Å²) in [4.78, 5) is 36.2. The van der Waals surface area contributed by atoms with Crippen LogP contribution in [0, 0.1) is 0 Å². The molecular formula is C14H16N8OS. The number of imidazole rings is 1. The first-order chi connectivity index (χ1) is 11.7. The van der Waals surface area contributed by atoms with Gasteiger partial charge in [-0.3, -0.25) is 4.79 Å². The molecule has 10 heteroatoms. The number of aromatic nitrogens is 5. The van der Waals surface area contributed by atoms with Crippen LogP contribution in [0.15, 0.2) is 17.2 Å². The lowest BCUT2D eigenvalue weighted by molar-refractivity contribution is 0.0762. The minimum absolute atomic E-state index is 0.0213. The van der Waals surface area contributed by atoms with E-state index in [1.807, 2.05) is 4.90 Å². The number of rotatable bonds is 2. The summed E-state index contributed by atoms with van der Waals surface area (Å²) >= 11 is 1.43. The number of hydrogen-bond acceptors (Lipinski definition) is 8. The van der Waals surface area contributed by atoms with Gasteiger partial charge in [-0.05, 0) is 6.42 Å². The van der Waals surface area contributed by atoms with Crippen LogP contribution in [-0.4, -0.2) is 61.9 Å². The summed E-state index contributed by atoms with van der Waals surface area (Å²) in [5.74, 6) is 0.911. The fraction of sp³-hybridized carbons (Fsp3) is 0.357. The van der Waals surface area contributed by atoms with Crippen LogP contribution in [0.4, 0.5) is 11.8 Å². The van der Waals surface area contributed by atoms with E-state index in [0.29, 0.717) is 31.0 Å². The molecule has 0 atom stereocenters. The monoisotopic (exact) mass is 344 g/mol. The highest BCUT2D eigenvalue weighted by Gasteiger charge is 2.23. The van der Waals surface area contributed by atoms with Gasteiger partial charge < -0.3 is 20.5 Å². The van der Waals surface area contributed by atoms with Gasteiger partial charge in [-0.2, -0.15) is 9.97 Å². The maximum atomic E-state index is 12.5. The number of aromatic amines is 1.